The van der Waals surface area contributed by atoms with Crippen LogP contribution in [0.5, 0.6) is 0 Å². The number of allylic oxidation sites excluding steroid dienone is 17. The molecular formula is C41H62S. The standard InChI is InChI=1S/C41H62S/c1-32(21-23-37-35(4)19-14-27-40(37,8)9)16-12-17-34(3)25-30-42-31-29-39(6,7)26-13-18-33(2)22-24-38-36(5)20-15-28-41(38,10)11/h12-13,16-18,21-26H,14-15,19-20,27-31H2,1-11H3/b17-12+,23-21+,24-22+,26-13+,32-16+,33-18+,34-25+. The van der Waals surface area contributed by atoms with Crippen LogP contribution in [-0.2, 0) is 0 Å². The molecule has 0 aromatic heterocycles. The number of rotatable bonds is 13. The number of thioether (sulfide) groups is 1. The van der Waals surface area contributed by atoms with Gasteiger partial charge in [-0.05, 0) is 113 Å². The van der Waals surface area contributed by atoms with E-state index in [1.54, 1.807) is 11.1 Å². The van der Waals surface area contributed by atoms with Crippen LogP contribution in [0.25, 0.3) is 0 Å². The zero-order chi connectivity index (χ0) is 31.4. The highest BCUT2D eigenvalue weighted by Crippen LogP contribution is 2.41. The van der Waals surface area contributed by atoms with Gasteiger partial charge < -0.3 is 0 Å². The smallest absolute Gasteiger partial charge is 0.0118 e. The average Bonchev–Trinajstić information content (AvgIpc) is 2.87. The lowest BCUT2D eigenvalue weighted by Crippen LogP contribution is -2.19. The first-order chi connectivity index (χ1) is 19.6. The third-order valence-electron chi connectivity index (χ3n) is 9.15. The molecular weight excluding hydrogens is 525 g/mol. The first-order valence-corrected chi connectivity index (χ1v) is 17.5. The van der Waals surface area contributed by atoms with Gasteiger partial charge in [-0.2, -0.15) is 11.8 Å². The van der Waals surface area contributed by atoms with Crippen molar-refractivity contribution in [3.8, 4) is 0 Å². The molecule has 0 atom stereocenters. The summed E-state index contributed by atoms with van der Waals surface area (Å²) in [4.78, 5) is 0. The van der Waals surface area contributed by atoms with Crippen LogP contribution >= 0.6 is 11.8 Å². The maximum atomic E-state index is 2.39. The maximum Gasteiger partial charge on any atom is 0.0118 e. The van der Waals surface area contributed by atoms with E-state index >= 15 is 0 Å². The second-order valence-electron chi connectivity index (χ2n) is 14.8. The van der Waals surface area contributed by atoms with Gasteiger partial charge >= 0.3 is 0 Å². The molecule has 0 amide bonds. The van der Waals surface area contributed by atoms with E-state index in [1.807, 2.05) is 11.8 Å². The van der Waals surface area contributed by atoms with E-state index in [4.69, 9.17) is 0 Å². The summed E-state index contributed by atoms with van der Waals surface area (Å²) in [5.41, 5.74) is 10.9. The van der Waals surface area contributed by atoms with E-state index in [2.05, 4.69) is 143 Å². The van der Waals surface area contributed by atoms with Crippen LogP contribution in [0.1, 0.15) is 121 Å². The lowest BCUT2D eigenvalue weighted by molar-refractivity contribution is 0.376. The fourth-order valence-electron chi connectivity index (χ4n) is 6.13. The van der Waals surface area contributed by atoms with E-state index in [0.717, 1.165) is 5.75 Å². The summed E-state index contributed by atoms with van der Waals surface area (Å²) < 4.78 is 0. The van der Waals surface area contributed by atoms with Crippen molar-refractivity contribution in [2.75, 3.05) is 11.5 Å². The molecule has 0 nitrogen and oxygen atoms in total. The molecule has 0 aromatic carbocycles. The summed E-state index contributed by atoms with van der Waals surface area (Å²) in [6.07, 6.45) is 34.1. The molecule has 2 rings (SSSR count). The summed E-state index contributed by atoms with van der Waals surface area (Å²) in [5.74, 6) is 2.24. The van der Waals surface area contributed by atoms with Gasteiger partial charge in [0, 0.05) is 5.75 Å². The molecule has 0 spiro atoms. The normalized spacial score (nSPS) is 21.3. The van der Waals surface area contributed by atoms with Crippen LogP contribution in [0.3, 0.4) is 0 Å². The predicted molar refractivity (Wildman–Crippen MR) is 194 cm³/mol. The summed E-state index contributed by atoms with van der Waals surface area (Å²) in [6, 6.07) is 0. The van der Waals surface area contributed by atoms with Crippen molar-refractivity contribution < 1.29 is 0 Å². The van der Waals surface area contributed by atoms with Gasteiger partial charge in [0.2, 0.25) is 0 Å². The molecule has 0 heterocycles. The first-order valence-electron chi connectivity index (χ1n) is 16.4. The molecule has 0 saturated carbocycles. The van der Waals surface area contributed by atoms with E-state index in [-0.39, 0.29) is 5.41 Å². The predicted octanol–water partition coefficient (Wildman–Crippen LogP) is 13.3. The second kappa shape index (κ2) is 16.7. The Bertz CT molecular complexity index is 1180. The Kier molecular flexibility index (Phi) is 14.4. The number of hydrogen-bond acceptors (Lipinski definition) is 1. The molecule has 0 bridgehead atoms. The van der Waals surface area contributed by atoms with Crippen molar-refractivity contribution in [1.82, 2.24) is 0 Å². The van der Waals surface area contributed by atoms with Crippen molar-refractivity contribution in [3.63, 3.8) is 0 Å². The number of hydrogen-bond donors (Lipinski definition) is 0. The van der Waals surface area contributed by atoms with Gasteiger partial charge in [-0.15, -0.1) is 0 Å². The van der Waals surface area contributed by atoms with Crippen LogP contribution in [0, 0.1) is 16.2 Å². The highest BCUT2D eigenvalue weighted by molar-refractivity contribution is 7.99. The third-order valence-corrected chi connectivity index (χ3v) is 10.0. The maximum absolute atomic E-state index is 2.39. The largest absolute Gasteiger partial charge is 0.158 e. The minimum absolute atomic E-state index is 0.202. The van der Waals surface area contributed by atoms with Gasteiger partial charge in [-0.1, -0.05) is 136 Å². The van der Waals surface area contributed by atoms with Crippen molar-refractivity contribution in [3.05, 3.63) is 106 Å². The molecule has 0 aliphatic heterocycles. The van der Waals surface area contributed by atoms with Gasteiger partial charge in [-0.3, -0.25) is 0 Å². The van der Waals surface area contributed by atoms with Crippen molar-refractivity contribution in [2.24, 2.45) is 16.2 Å². The highest BCUT2D eigenvalue weighted by Gasteiger charge is 2.27. The molecule has 2 aliphatic rings. The SMILES string of the molecule is CC1=C(/C=C/C(C)=C/C=C/C(C)=C/CSCCC(C)(C)/C=C/C=C(C)/C=C/C2=C(C)CCCC2(C)C)C(C)(C)CCC1. The quantitative estimate of drug-likeness (QED) is 0.153. The van der Waals surface area contributed by atoms with Gasteiger partial charge in [-0.25, -0.2) is 0 Å². The Hall–Kier alpha value is -1.99. The Balaban J connectivity index is 1.77. The van der Waals surface area contributed by atoms with Crippen LogP contribution in [-0.4, -0.2) is 11.5 Å². The molecule has 0 unspecified atom stereocenters. The molecule has 0 saturated heterocycles. The third kappa shape index (κ3) is 12.7. The summed E-state index contributed by atoms with van der Waals surface area (Å²) in [6.45, 7) is 25.5. The Morgan fingerprint density at radius 1 is 0.738 bits per heavy atom. The van der Waals surface area contributed by atoms with E-state index in [9.17, 15) is 0 Å². The van der Waals surface area contributed by atoms with Crippen LogP contribution in [0.15, 0.2) is 106 Å². The molecule has 0 fully saturated rings. The molecule has 232 valence electrons. The summed E-state index contributed by atoms with van der Waals surface area (Å²) >= 11 is 2.03. The van der Waals surface area contributed by atoms with Crippen molar-refractivity contribution >= 4 is 11.8 Å². The van der Waals surface area contributed by atoms with Crippen LogP contribution < -0.4 is 0 Å². The highest BCUT2D eigenvalue weighted by atomic mass is 32.2. The van der Waals surface area contributed by atoms with E-state index < -0.39 is 0 Å². The Labute approximate surface area is 265 Å². The van der Waals surface area contributed by atoms with E-state index in [0.29, 0.717) is 10.8 Å². The average molecular weight is 587 g/mol. The van der Waals surface area contributed by atoms with Gasteiger partial charge in [0.15, 0.2) is 0 Å². The molecule has 0 aromatic rings. The molecule has 1 heteroatoms. The fourth-order valence-corrected chi connectivity index (χ4v) is 7.35. The van der Waals surface area contributed by atoms with Crippen molar-refractivity contribution in [2.45, 2.75) is 121 Å². The zero-order valence-electron chi connectivity index (χ0n) is 29.1. The van der Waals surface area contributed by atoms with E-state index in [1.165, 1.54) is 78.6 Å². The monoisotopic (exact) mass is 586 g/mol. The van der Waals surface area contributed by atoms with Crippen molar-refractivity contribution in [1.29, 1.82) is 0 Å². The van der Waals surface area contributed by atoms with Crippen LogP contribution in [0.2, 0.25) is 0 Å². The molecule has 2 aliphatic carbocycles. The zero-order valence-corrected chi connectivity index (χ0v) is 29.9. The van der Waals surface area contributed by atoms with Gasteiger partial charge in [0.05, 0.1) is 0 Å². The Morgan fingerprint density at radius 2 is 1.24 bits per heavy atom. The lowest BCUT2D eigenvalue weighted by atomic mass is 9.72. The summed E-state index contributed by atoms with van der Waals surface area (Å²) in [5, 5.41) is 0. The Morgan fingerprint density at radius 3 is 1.74 bits per heavy atom. The molecule has 0 N–H and O–H groups in total. The summed E-state index contributed by atoms with van der Waals surface area (Å²) in [7, 11) is 0. The lowest BCUT2D eigenvalue weighted by Gasteiger charge is -2.33. The molecule has 42 heavy (non-hydrogen) atoms. The second-order valence-corrected chi connectivity index (χ2v) is 16.0. The van der Waals surface area contributed by atoms with Gasteiger partial charge in [0.1, 0.15) is 0 Å². The molecule has 0 radical (unpaired) electrons. The first kappa shape index (κ1) is 36.2. The minimum atomic E-state index is 0.202. The topological polar surface area (TPSA) is 0 Å². The van der Waals surface area contributed by atoms with Crippen LogP contribution in [0.4, 0.5) is 0 Å². The fraction of sp³-hybridized carbons (Fsp3) is 0.561. The van der Waals surface area contributed by atoms with Gasteiger partial charge in [0.25, 0.3) is 0 Å². The minimum Gasteiger partial charge on any atom is -0.158 e.